The molecule has 0 aliphatic carbocycles. The molecule has 1 fully saturated rings. The third kappa shape index (κ3) is 4.80. The summed E-state index contributed by atoms with van der Waals surface area (Å²) in [7, 11) is -3.78. The third-order valence-electron chi connectivity index (χ3n) is 6.83. The molecule has 0 amide bonds. The van der Waals surface area contributed by atoms with Gasteiger partial charge >= 0.3 is 0 Å². The van der Waals surface area contributed by atoms with Crippen LogP contribution >= 0.6 is 11.6 Å². The zero-order valence-electron chi connectivity index (χ0n) is 20.4. The fourth-order valence-corrected chi connectivity index (χ4v) is 6.59. The summed E-state index contributed by atoms with van der Waals surface area (Å²) in [6.07, 6.45) is 0. The minimum absolute atomic E-state index is 0.0648. The van der Waals surface area contributed by atoms with Gasteiger partial charge in [-0.2, -0.15) is 4.31 Å². The normalized spacial score (nSPS) is 18.2. The minimum Gasteiger partial charge on any atom is -0.291 e. The van der Waals surface area contributed by atoms with E-state index in [2.05, 4.69) is 4.90 Å². The number of nitrogens with zero attached hydrogens (tertiary/aromatic N) is 4. The zero-order valence-corrected chi connectivity index (χ0v) is 22.0. The standard InChI is InChI=1S/C27H26ClFN4O3S/c1-18-17-31(15-16-32(18)37(35,36)23-13-9-21(29)10-14-23)19(2)26-30-25-6-4-3-5-24(25)27(34)33(26)22-11-7-20(28)8-12-22/h3-14,18-19H,15-17H2,1-2H3/t18-,19-/m0/s1. The predicted molar refractivity (Wildman–Crippen MR) is 142 cm³/mol. The second kappa shape index (κ2) is 9.98. The van der Waals surface area contributed by atoms with Crippen molar-refractivity contribution in [2.75, 3.05) is 19.6 Å². The Labute approximate surface area is 219 Å². The Balaban J connectivity index is 1.49. The van der Waals surface area contributed by atoms with Crippen molar-refractivity contribution in [3.63, 3.8) is 0 Å². The van der Waals surface area contributed by atoms with Crippen molar-refractivity contribution in [2.24, 2.45) is 0 Å². The summed E-state index contributed by atoms with van der Waals surface area (Å²) in [5, 5.41) is 1.07. The molecule has 0 saturated carbocycles. The average Bonchev–Trinajstić information content (AvgIpc) is 2.89. The van der Waals surface area contributed by atoms with Crippen molar-refractivity contribution in [2.45, 2.75) is 30.8 Å². The van der Waals surface area contributed by atoms with Crippen LogP contribution in [0.3, 0.4) is 0 Å². The van der Waals surface area contributed by atoms with Gasteiger partial charge in [0.25, 0.3) is 5.56 Å². The Bertz CT molecular complexity index is 1610. The molecule has 2 heterocycles. The number of piperazine rings is 1. The van der Waals surface area contributed by atoms with Crippen LogP contribution in [0.4, 0.5) is 4.39 Å². The zero-order chi connectivity index (χ0) is 26.3. The number of para-hydroxylation sites is 1. The van der Waals surface area contributed by atoms with Gasteiger partial charge in [0.05, 0.1) is 27.5 Å². The number of hydrogen-bond acceptors (Lipinski definition) is 5. The highest BCUT2D eigenvalue weighted by atomic mass is 35.5. The molecule has 7 nitrogen and oxygen atoms in total. The highest BCUT2D eigenvalue weighted by Gasteiger charge is 2.36. The van der Waals surface area contributed by atoms with Crippen LogP contribution < -0.4 is 5.56 Å². The Morgan fingerprint density at radius 1 is 1.00 bits per heavy atom. The molecule has 0 bridgehead atoms. The van der Waals surface area contributed by atoms with Crippen LogP contribution in [0.15, 0.2) is 82.5 Å². The molecule has 37 heavy (non-hydrogen) atoms. The van der Waals surface area contributed by atoms with Crippen molar-refractivity contribution in [1.82, 2.24) is 18.8 Å². The van der Waals surface area contributed by atoms with E-state index in [1.807, 2.05) is 32.0 Å². The van der Waals surface area contributed by atoms with E-state index in [0.717, 1.165) is 12.1 Å². The van der Waals surface area contributed by atoms with Crippen molar-refractivity contribution < 1.29 is 12.8 Å². The molecule has 1 aromatic heterocycles. The summed E-state index contributed by atoms with van der Waals surface area (Å²) in [6.45, 7) is 4.95. The highest BCUT2D eigenvalue weighted by Crippen LogP contribution is 2.28. The molecule has 2 atom stereocenters. The van der Waals surface area contributed by atoms with Gasteiger partial charge in [0, 0.05) is 30.7 Å². The van der Waals surface area contributed by atoms with E-state index in [0.29, 0.717) is 40.5 Å². The van der Waals surface area contributed by atoms with Gasteiger partial charge in [0.15, 0.2) is 0 Å². The Morgan fingerprint density at radius 3 is 2.35 bits per heavy atom. The van der Waals surface area contributed by atoms with Gasteiger partial charge in [-0.1, -0.05) is 23.7 Å². The van der Waals surface area contributed by atoms with Crippen molar-refractivity contribution in [3.05, 3.63) is 99.8 Å². The maximum absolute atomic E-state index is 13.6. The highest BCUT2D eigenvalue weighted by molar-refractivity contribution is 7.89. The molecule has 0 spiro atoms. The smallest absolute Gasteiger partial charge is 0.266 e. The van der Waals surface area contributed by atoms with E-state index in [4.69, 9.17) is 16.6 Å². The number of hydrogen-bond donors (Lipinski definition) is 0. The monoisotopic (exact) mass is 540 g/mol. The topological polar surface area (TPSA) is 75.5 Å². The van der Waals surface area contributed by atoms with Gasteiger partial charge in [-0.05, 0) is 74.5 Å². The van der Waals surface area contributed by atoms with Gasteiger partial charge in [0.1, 0.15) is 11.6 Å². The van der Waals surface area contributed by atoms with Crippen LogP contribution in [0, 0.1) is 5.82 Å². The SMILES string of the molecule is C[C@@H](c1nc2ccccc2c(=O)n1-c1ccc(Cl)cc1)N1CCN(S(=O)(=O)c2ccc(F)cc2)[C@@H](C)C1. The maximum atomic E-state index is 13.6. The summed E-state index contributed by atoms with van der Waals surface area (Å²) in [4.78, 5) is 20.7. The van der Waals surface area contributed by atoms with Crippen LogP contribution in [0.1, 0.15) is 25.7 Å². The first-order valence-electron chi connectivity index (χ1n) is 12.0. The molecule has 3 aromatic carbocycles. The molecule has 5 rings (SSSR count). The summed E-state index contributed by atoms with van der Waals surface area (Å²) in [6, 6.07) is 18.5. The van der Waals surface area contributed by atoms with Gasteiger partial charge in [-0.3, -0.25) is 14.3 Å². The molecule has 192 valence electrons. The lowest BCUT2D eigenvalue weighted by atomic mass is 10.1. The summed E-state index contributed by atoms with van der Waals surface area (Å²) >= 11 is 6.09. The lowest BCUT2D eigenvalue weighted by Gasteiger charge is -2.41. The second-order valence-electron chi connectivity index (χ2n) is 9.19. The van der Waals surface area contributed by atoms with E-state index in [9.17, 15) is 17.6 Å². The fraction of sp³-hybridized carbons (Fsp3) is 0.259. The van der Waals surface area contributed by atoms with Crippen molar-refractivity contribution in [3.8, 4) is 5.69 Å². The van der Waals surface area contributed by atoms with Crippen LogP contribution in [0.5, 0.6) is 0 Å². The third-order valence-corrected chi connectivity index (χ3v) is 9.11. The minimum atomic E-state index is -3.78. The van der Waals surface area contributed by atoms with Gasteiger partial charge in [0.2, 0.25) is 10.0 Å². The van der Waals surface area contributed by atoms with E-state index in [-0.39, 0.29) is 29.1 Å². The summed E-state index contributed by atoms with van der Waals surface area (Å²) in [5.74, 6) is 0.0772. The summed E-state index contributed by atoms with van der Waals surface area (Å²) in [5.41, 5.74) is 1.07. The first-order valence-corrected chi connectivity index (χ1v) is 13.8. The molecule has 0 N–H and O–H groups in total. The van der Waals surface area contributed by atoms with Gasteiger partial charge < -0.3 is 0 Å². The largest absolute Gasteiger partial charge is 0.291 e. The number of fused-ring (bicyclic) bond motifs is 1. The molecular formula is C27H26ClFN4O3S. The van der Waals surface area contributed by atoms with Gasteiger partial charge in [-0.15, -0.1) is 0 Å². The first-order chi connectivity index (χ1) is 17.7. The number of aromatic nitrogens is 2. The average molecular weight is 541 g/mol. The Morgan fingerprint density at radius 2 is 1.68 bits per heavy atom. The van der Waals surface area contributed by atoms with E-state index in [1.54, 1.807) is 34.9 Å². The first kappa shape index (κ1) is 25.5. The van der Waals surface area contributed by atoms with E-state index in [1.165, 1.54) is 16.4 Å². The molecule has 0 unspecified atom stereocenters. The molecule has 0 radical (unpaired) electrons. The van der Waals surface area contributed by atoms with Crippen molar-refractivity contribution >= 4 is 32.5 Å². The molecule has 1 saturated heterocycles. The van der Waals surface area contributed by atoms with Crippen LogP contribution in [0.2, 0.25) is 5.02 Å². The van der Waals surface area contributed by atoms with Crippen LogP contribution in [0.25, 0.3) is 16.6 Å². The molecule has 1 aliphatic rings. The predicted octanol–water partition coefficient (Wildman–Crippen LogP) is 4.63. The molecule has 10 heteroatoms. The Hall–Kier alpha value is -3.11. The quantitative estimate of drug-likeness (QED) is 0.369. The van der Waals surface area contributed by atoms with E-state index < -0.39 is 15.8 Å². The fourth-order valence-electron chi connectivity index (χ4n) is 4.85. The second-order valence-corrected chi connectivity index (χ2v) is 11.5. The number of halogens is 2. The van der Waals surface area contributed by atoms with Gasteiger partial charge in [-0.25, -0.2) is 17.8 Å². The lowest BCUT2D eigenvalue weighted by molar-refractivity contribution is 0.104. The van der Waals surface area contributed by atoms with Crippen LogP contribution in [-0.4, -0.2) is 52.9 Å². The van der Waals surface area contributed by atoms with Crippen molar-refractivity contribution in [1.29, 1.82) is 0 Å². The Kier molecular flexibility index (Phi) is 6.89. The number of benzene rings is 3. The van der Waals surface area contributed by atoms with E-state index >= 15 is 0 Å². The number of rotatable bonds is 5. The molecular weight excluding hydrogens is 515 g/mol. The maximum Gasteiger partial charge on any atom is 0.266 e. The molecule has 4 aromatic rings. The lowest BCUT2D eigenvalue weighted by Crippen LogP contribution is -2.54. The number of sulfonamides is 1. The molecule has 1 aliphatic heterocycles. The van der Waals surface area contributed by atoms with Crippen LogP contribution in [-0.2, 0) is 10.0 Å². The summed E-state index contributed by atoms with van der Waals surface area (Å²) < 4.78 is 42.9.